The number of rotatable bonds is 10. The number of terminal acetylenes is 2. The van der Waals surface area contributed by atoms with Gasteiger partial charge in [-0.05, 0) is 38.2 Å². The first kappa shape index (κ1) is 21.1. The van der Waals surface area contributed by atoms with Gasteiger partial charge in [0.2, 0.25) is 0 Å². The summed E-state index contributed by atoms with van der Waals surface area (Å²) in [4.78, 5) is 27.1. The molecule has 0 amide bonds. The summed E-state index contributed by atoms with van der Waals surface area (Å²) in [5.41, 5.74) is 1.29. The summed E-state index contributed by atoms with van der Waals surface area (Å²) in [6, 6.07) is 0. The summed E-state index contributed by atoms with van der Waals surface area (Å²) in [5.74, 6) is 1.22. The first-order valence-electron chi connectivity index (χ1n) is 8.30. The molecule has 0 saturated carbocycles. The van der Waals surface area contributed by atoms with Crippen molar-refractivity contribution < 1.29 is 24.9 Å². The summed E-state index contributed by atoms with van der Waals surface area (Å²) in [5, 5.41) is 29.2. The van der Waals surface area contributed by atoms with Crippen molar-refractivity contribution in [1.29, 1.82) is 0 Å². The summed E-state index contributed by atoms with van der Waals surface area (Å²) >= 11 is 0. The highest BCUT2D eigenvalue weighted by atomic mass is 16.4. The third kappa shape index (κ3) is 5.82. The third-order valence-electron chi connectivity index (χ3n) is 4.32. The lowest BCUT2D eigenvalue weighted by molar-refractivity contribution is -0.143. The predicted molar refractivity (Wildman–Crippen MR) is 96.4 cm³/mol. The number of pyridine rings is 1. The van der Waals surface area contributed by atoms with Crippen LogP contribution in [0.1, 0.15) is 42.5 Å². The van der Waals surface area contributed by atoms with Crippen molar-refractivity contribution >= 4 is 11.9 Å². The van der Waals surface area contributed by atoms with Crippen molar-refractivity contribution in [2.75, 3.05) is 0 Å². The molecule has 6 nitrogen and oxygen atoms in total. The van der Waals surface area contributed by atoms with Crippen LogP contribution in [0.3, 0.4) is 0 Å². The van der Waals surface area contributed by atoms with E-state index in [1.165, 1.54) is 6.20 Å². The van der Waals surface area contributed by atoms with Crippen LogP contribution in [0.4, 0.5) is 0 Å². The molecule has 1 aromatic heterocycles. The van der Waals surface area contributed by atoms with Crippen LogP contribution in [0.5, 0.6) is 5.75 Å². The van der Waals surface area contributed by atoms with E-state index in [1.54, 1.807) is 6.92 Å². The molecule has 2 atom stereocenters. The molecule has 0 saturated heterocycles. The van der Waals surface area contributed by atoms with Gasteiger partial charge in [0.15, 0.2) is 0 Å². The van der Waals surface area contributed by atoms with E-state index in [1.807, 2.05) is 0 Å². The predicted octanol–water partition coefficient (Wildman–Crippen LogP) is 2.41. The number of carboxylic acids is 2. The summed E-state index contributed by atoms with van der Waals surface area (Å²) < 4.78 is 0. The molecule has 0 fully saturated rings. The smallest absolute Gasteiger partial charge is 0.306 e. The minimum Gasteiger partial charge on any atom is -0.506 e. The Morgan fingerprint density at radius 1 is 1.08 bits per heavy atom. The van der Waals surface area contributed by atoms with Gasteiger partial charge in [-0.1, -0.05) is 0 Å². The molecule has 2 unspecified atom stereocenters. The Kier molecular flexibility index (Phi) is 8.18. The maximum absolute atomic E-state index is 11.5. The Morgan fingerprint density at radius 2 is 1.58 bits per heavy atom. The van der Waals surface area contributed by atoms with E-state index >= 15 is 0 Å². The van der Waals surface area contributed by atoms with Crippen LogP contribution in [0, 0.1) is 43.4 Å². The highest BCUT2D eigenvalue weighted by Crippen LogP contribution is 2.30. The van der Waals surface area contributed by atoms with Crippen molar-refractivity contribution in [3.05, 3.63) is 23.0 Å². The standard InChI is InChI=1S/C20H23NO5/c1-4-6-8-14(19(23)24)10-16-12-21-13(3)18(22)17(16)11-15(20(25)26)9-7-5-2/h1-2,12,14-15,22H,6-11H2,3H3,(H,23,24)(H,25,26). The zero-order valence-electron chi connectivity index (χ0n) is 14.7. The fourth-order valence-corrected chi connectivity index (χ4v) is 2.74. The molecule has 1 aromatic rings. The molecule has 6 heteroatoms. The molecule has 0 aliphatic heterocycles. The lowest BCUT2D eigenvalue weighted by Gasteiger charge is -2.19. The SMILES string of the molecule is C#CCCC(Cc1cnc(C)c(O)c1CC(CCC#C)C(=O)O)C(=O)O. The van der Waals surface area contributed by atoms with Gasteiger partial charge in [0.1, 0.15) is 5.75 Å². The van der Waals surface area contributed by atoms with Crippen molar-refractivity contribution in [2.24, 2.45) is 11.8 Å². The first-order chi connectivity index (χ1) is 12.3. The van der Waals surface area contributed by atoms with E-state index in [-0.39, 0.29) is 25.0 Å². The van der Waals surface area contributed by atoms with E-state index in [4.69, 9.17) is 12.8 Å². The second kappa shape index (κ2) is 10.1. The second-order valence-electron chi connectivity index (χ2n) is 6.16. The van der Waals surface area contributed by atoms with Crippen LogP contribution >= 0.6 is 0 Å². The van der Waals surface area contributed by atoms with Crippen LogP contribution in [0.25, 0.3) is 0 Å². The quantitative estimate of drug-likeness (QED) is 0.555. The van der Waals surface area contributed by atoms with Gasteiger partial charge in [0.25, 0.3) is 0 Å². The molecule has 0 aliphatic carbocycles. The molecule has 0 radical (unpaired) electrons. The minimum atomic E-state index is -1.01. The van der Waals surface area contributed by atoms with Gasteiger partial charge in [0.05, 0.1) is 17.5 Å². The Labute approximate surface area is 153 Å². The van der Waals surface area contributed by atoms with Crippen LogP contribution < -0.4 is 0 Å². The van der Waals surface area contributed by atoms with Gasteiger partial charge >= 0.3 is 11.9 Å². The fraction of sp³-hybridized carbons (Fsp3) is 0.450. The minimum absolute atomic E-state index is 0.0585. The number of hydrogen-bond donors (Lipinski definition) is 3. The molecule has 1 heterocycles. The Balaban J connectivity index is 3.19. The lowest BCUT2D eigenvalue weighted by atomic mass is 9.87. The number of carbonyl (C=O) groups is 2. The van der Waals surface area contributed by atoms with Gasteiger partial charge in [0, 0.05) is 24.6 Å². The zero-order valence-corrected chi connectivity index (χ0v) is 14.7. The lowest BCUT2D eigenvalue weighted by Crippen LogP contribution is -2.20. The van der Waals surface area contributed by atoms with E-state index < -0.39 is 23.8 Å². The van der Waals surface area contributed by atoms with E-state index in [0.717, 1.165) is 0 Å². The second-order valence-corrected chi connectivity index (χ2v) is 6.16. The topological polar surface area (TPSA) is 108 Å². The van der Waals surface area contributed by atoms with E-state index in [0.29, 0.717) is 36.1 Å². The monoisotopic (exact) mass is 357 g/mol. The van der Waals surface area contributed by atoms with Crippen LogP contribution in [0.2, 0.25) is 0 Å². The molecular formula is C20H23NO5. The molecule has 138 valence electrons. The van der Waals surface area contributed by atoms with Crippen molar-refractivity contribution in [2.45, 2.75) is 45.4 Å². The molecule has 0 aliphatic rings. The molecule has 0 bridgehead atoms. The number of aliphatic carboxylic acids is 2. The molecule has 3 N–H and O–H groups in total. The molecule has 26 heavy (non-hydrogen) atoms. The van der Waals surface area contributed by atoms with Gasteiger partial charge < -0.3 is 15.3 Å². The summed E-state index contributed by atoms with van der Waals surface area (Å²) in [6.45, 7) is 1.60. The summed E-state index contributed by atoms with van der Waals surface area (Å²) in [6.07, 6.45) is 13.3. The first-order valence-corrected chi connectivity index (χ1v) is 8.30. The zero-order chi connectivity index (χ0) is 19.7. The number of nitrogens with zero attached hydrogens (tertiary/aromatic N) is 1. The number of aromatic nitrogens is 1. The average Bonchev–Trinajstić information content (AvgIpc) is 2.59. The normalized spacial score (nSPS) is 12.6. The molecular weight excluding hydrogens is 334 g/mol. The number of carboxylic acid groups (broad SMARTS) is 2. The third-order valence-corrected chi connectivity index (χ3v) is 4.32. The van der Waals surface area contributed by atoms with Crippen LogP contribution in [-0.2, 0) is 22.4 Å². The van der Waals surface area contributed by atoms with Gasteiger partial charge in [-0.3, -0.25) is 14.6 Å². The Bertz CT molecular complexity index is 742. The maximum atomic E-state index is 11.5. The number of hydrogen-bond acceptors (Lipinski definition) is 4. The Morgan fingerprint density at radius 3 is 2.04 bits per heavy atom. The van der Waals surface area contributed by atoms with Crippen molar-refractivity contribution in [1.82, 2.24) is 4.98 Å². The van der Waals surface area contributed by atoms with E-state index in [9.17, 15) is 24.9 Å². The molecule has 0 spiro atoms. The highest BCUT2D eigenvalue weighted by Gasteiger charge is 2.25. The average molecular weight is 357 g/mol. The van der Waals surface area contributed by atoms with Gasteiger partial charge in [-0.15, -0.1) is 24.7 Å². The summed E-state index contributed by atoms with van der Waals surface area (Å²) in [7, 11) is 0. The highest BCUT2D eigenvalue weighted by molar-refractivity contribution is 5.71. The number of aromatic hydroxyl groups is 1. The van der Waals surface area contributed by atoms with Crippen molar-refractivity contribution in [3.63, 3.8) is 0 Å². The Hall–Kier alpha value is -2.99. The van der Waals surface area contributed by atoms with Gasteiger partial charge in [-0.2, -0.15) is 0 Å². The van der Waals surface area contributed by atoms with E-state index in [2.05, 4.69) is 16.8 Å². The van der Waals surface area contributed by atoms with Gasteiger partial charge in [-0.25, -0.2) is 0 Å². The number of aryl methyl sites for hydroxylation is 1. The molecule has 1 rings (SSSR count). The van der Waals surface area contributed by atoms with Crippen LogP contribution in [-0.4, -0.2) is 32.2 Å². The maximum Gasteiger partial charge on any atom is 0.306 e. The van der Waals surface area contributed by atoms with Crippen LogP contribution in [0.15, 0.2) is 6.20 Å². The molecule has 0 aromatic carbocycles. The fourth-order valence-electron chi connectivity index (χ4n) is 2.74. The van der Waals surface area contributed by atoms with Crippen molar-refractivity contribution in [3.8, 4) is 30.4 Å². The largest absolute Gasteiger partial charge is 0.506 e.